The molecule has 0 aliphatic carbocycles. The van der Waals surface area contributed by atoms with E-state index in [9.17, 15) is 14.4 Å². The summed E-state index contributed by atoms with van der Waals surface area (Å²) in [6.07, 6.45) is 6.06. The Bertz CT molecular complexity index is 2190. The Labute approximate surface area is 305 Å². The van der Waals surface area contributed by atoms with Crippen molar-refractivity contribution in [2.24, 2.45) is 0 Å². The molecule has 0 spiro atoms. The van der Waals surface area contributed by atoms with E-state index in [-0.39, 0.29) is 29.5 Å². The summed E-state index contributed by atoms with van der Waals surface area (Å²) in [5, 5.41) is 13.7. The maximum absolute atomic E-state index is 13.3. The number of fused-ring (bicyclic) bond motifs is 1. The molecule has 4 N–H and O–H groups in total. The van der Waals surface area contributed by atoms with Gasteiger partial charge in [-0.05, 0) is 42.2 Å². The first-order valence-electron chi connectivity index (χ1n) is 17.0. The number of hydrogen-bond donors (Lipinski definition) is 4. The average molecular weight is 726 g/mol. The van der Waals surface area contributed by atoms with Gasteiger partial charge in [-0.1, -0.05) is 71.7 Å². The van der Waals surface area contributed by atoms with Crippen molar-refractivity contribution in [3.8, 4) is 39.1 Å². The molecule has 3 aromatic carbocycles. The smallest absolute Gasteiger partial charge is 0.262 e. The van der Waals surface area contributed by atoms with Gasteiger partial charge in [0, 0.05) is 96.9 Å². The van der Waals surface area contributed by atoms with Crippen molar-refractivity contribution in [2.45, 2.75) is 50.9 Å². The van der Waals surface area contributed by atoms with Gasteiger partial charge in [0.25, 0.3) is 5.56 Å². The molecule has 0 bridgehead atoms. The molecule has 2 aromatic heterocycles. The third kappa shape index (κ3) is 7.50. The second kappa shape index (κ2) is 15.2. The highest BCUT2D eigenvalue weighted by Crippen LogP contribution is 2.43. The van der Waals surface area contributed by atoms with Gasteiger partial charge in [-0.15, -0.1) is 0 Å². The third-order valence-electron chi connectivity index (χ3n) is 9.56. The number of halogens is 2. The molecule has 2 aliphatic rings. The average Bonchev–Trinajstić information content (AvgIpc) is 3.76. The summed E-state index contributed by atoms with van der Waals surface area (Å²) in [5.74, 6) is 0.907. The van der Waals surface area contributed by atoms with E-state index in [2.05, 4.69) is 26.3 Å². The number of ether oxygens (including phenoxy) is 1. The predicted octanol–water partition coefficient (Wildman–Crippen LogP) is 5.75. The van der Waals surface area contributed by atoms with Crippen molar-refractivity contribution in [1.82, 2.24) is 30.7 Å². The van der Waals surface area contributed by atoms with Gasteiger partial charge in [0.15, 0.2) is 0 Å². The standard InChI is InChI=1S/C39H38Cl2N6O4/c1-51-33-16-23(8-9-25(33)18-42-21-27-10-12-35(48)45-27)29-4-2-6-31(37(29)40)32-7-3-5-30(38(32)41)24-14-15-47-34(17-24)44-20-26(39(47)50)19-43-22-28-11-13-36(49)46-28/h2-9,14-17,20,27-28,42-43H,10-13,18-19,21-22H2,1H3,(H,45,48)(H,46,49)/t27-,28+/m0/s1. The number of hydrogen-bond acceptors (Lipinski definition) is 7. The summed E-state index contributed by atoms with van der Waals surface area (Å²) < 4.78 is 7.28. The van der Waals surface area contributed by atoms with Crippen LogP contribution in [0.15, 0.2) is 83.9 Å². The van der Waals surface area contributed by atoms with E-state index in [0.717, 1.165) is 57.5 Å². The predicted molar refractivity (Wildman–Crippen MR) is 200 cm³/mol. The van der Waals surface area contributed by atoms with Gasteiger partial charge in [-0.25, -0.2) is 4.98 Å². The third-order valence-corrected chi connectivity index (χ3v) is 10.4. The van der Waals surface area contributed by atoms with Crippen LogP contribution in [0.4, 0.5) is 0 Å². The summed E-state index contributed by atoms with van der Waals surface area (Å²) in [5.41, 5.74) is 6.80. The molecule has 262 valence electrons. The minimum absolute atomic E-state index is 0.0632. The van der Waals surface area contributed by atoms with Crippen LogP contribution >= 0.6 is 23.2 Å². The van der Waals surface area contributed by atoms with Gasteiger partial charge in [-0.3, -0.25) is 18.8 Å². The first-order chi connectivity index (χ1) is 24.8. The number of nitrogens with zero attached hydrogens (tertiary/aromatic N) is 2. The van der Waals surface area contributed by atoms with E-state index in [0.29, 0.717) is 60.3 Å². The SMILES string of the molecule is COc1cc(-c2cccc(-c3cccc(-c4ccn5c(=O)c(CNC[C@H]6CCC(=O)N6)cnc5c4)c3Cl)c2Cl)ccc1CNC[C@@H]1CCC(=O)N1. The van der Waals surface area contributed by atoms with Crippen LogP contribution in [0.1, 0.15) is 36.8 Å². The zero-order valence-corrected chi connectivity index (χ0v) is 29.6. The number of amides is 2. The van der Waals surface area contributed by atoms with Crippen LogP contribution < -0.4 is 31.6 Å². The van der Waals surface area contributed by atoms with Gasteiger partial charge in [0.05, 0.1) is 17.2 Å². The number of methoxy groups -OCH3 is 1. The van der Waals surface area contributed by atoms with Crippen molar-refractivity contribution in [3.05, 3.63) is 111 Å². The molecule has 5 aromatic rings. The van der Waals surface area contributed by atoms with Gasteiger partial charge < -0.3 is 26.0 Å². The Kier molecular flexibility index (Phi) is 10.4. The van der Waals surface area contributed by atoms with Gasteiger partial charge in [0.2, 0.25) is 11.8 Å². The van der Waals surface area contributed by atoms with E-state index in [1.54, 1.807) is 19.5 Å². The zero-order chi connectivity index (χ0) is 35.5. The topological polar surface area (TPSA) is 126 Å². The number of carbonyl (C=O) groups excluding carboxylic acids is 2. The fourth-order valence-electron chi connectivity index (χ4n) is 6.81. The lowest BCUT2D eigenvalue weighted by Crippen LogP contribution is -2.36. The largest absolute Gasteiger partial charge is 0.496 e. The molecule has 2 fully saturated rings. The van der Waals surface area contributed by atoms with Crippen LogP contribution in [0.25, 0.3) is 39.0 Å². The quantitative estimate of drug-likeness (QED) is 0.129. The fraction of sp³-hybridized carbons (Fsp3) is 0.282. The molecule has 0 unspecified atom stereocenters. The summed E-state index contributed by atoms with van der Waals surface area (Å²) in [6.45, 7) is 2.25. The molecular weight excluding hydrogens is 687 g/mol. The molecule has 0 radical (unpaired) electrons. The highest BCUT2D eigenvalue weighted by atomic mass is 35.5. The Morgan fingerprint density at radius 1 is 0.765 bits per heavy atom. The molecule has 2 amide bonds. The Balaban J connectivity index is 1.10. The maximum atomic E-state index is 13.3. The minimum Gasteiger partial charge on any atom is -0.496 e. The van der Waals surface area contributed by atoms with E-state index in [1.807, 2.05) is 66.7 Å². The van der Waals surface area contributed by atoms with E-state index >= 15 is 0 Å². The van der Waals surface area contributed by atoms with E-state index in [4.69, 9.17) is 27.9 Å². The lowest BCUT2D eigenvalue weighted by Gasteiger charge is -2.16. The van der Waals surface area contributed by atoms with Crippen LogP contribution in [0.5, 0.6) is 5.75 Å². The van der Waals surface area contributed by atoms with Crippen LogP contribution in [-0.2, 0) is 22.7 Å². The number of benzene rings is 3. The van der Waals surface area contributed by atoms with Gasteiger partial charge >= 0.3 is 0 Å². The van der Waals surface area contributed by atoms with Gasteiger partial charge in [0.1, 0.15) is 11.4 Å². The minimum atomic E-state index is -0.155. The molecule has 2 atom stereocenters. The lowest BCUT2D eigenvalue weighted by atomic mass is 9.95. The Morgan fingerprint density at radius 2 is 1.33 bits per heavy atom. The molecule has 0 saturated carbocycles. The number of rotatable bonds is 12. The zero-order valence-electron chi connectivity index (χ0n) is 28.1. The van der Waals surface area contributed by atoms with Gasteiger partial charge in [-0.2, -0.15) is 0 Å². The van der Waals surface area contributed by atoms with Crippen molar-refractivity contribution in [2.75, 3.05) is 20.2 Å². The maximum Gasteiger partial charge on any atom is 0.262 e. The van der Waals surface area contributed by atoms with Crippen molar-refractivity contribution < 1.29 is 14.3 Å². The van der Waals surface area contributed by atoms with Crippen LogP contribution in [0, 0.1) is 0 Å². The second-order valence-electron chi connectivity index (χ2n) is 13.0. The molecule has 51 heavy (non-hydrogen) atoms. The van der Waals surface area contributed by atoms with Crippen LogP contribution in [0.3, 0.4) is 0 Å². The van der Waals surface area contributed by atoms with Crippen LogP contribution in [-0.4, -0.2) is 53.5 Å². The van der Waals surface area contributed by atoms with Crippen LogP contribution in [0.2, 0.25) is 10.0 Å². The summed E-state index contributed by atoms with van der Waals surface area (Å²) in [6, 6.07) is 21.7. The molecule has 10 nitrogen and oxygen atoms in total. The highest BCUT2D eigenvalue weighted by molar-refractivity contribution is 6.39. The molecule has 2 aliphatic heterocycles. The number of carbonyl (C=O) groups is 2. The number of nitrogens with one attached hydrogen (secondary N) is 4. The Morgan fingerprint density at radius 3 is 1.90 bits per heavy atom. The summed E-state index contributed by atoms with van der Waals surface area (Å²) in [7, 11) is 1.65. The first kappa shape index (κ1) is 34.7. The van der Waals surface area contributed by atoms with E-state index in [1.165, 1.54) is 4.40 Å². The number of pyridine rings is 1. The lowest BCUT2D eigenvalue weighted by molar-refractivity contribution is -0.120. The number of aromatic nitrogens is 2. The normalized spacial score (nSPS) is 17.2. The monoisotopic (exact) mass is 724 g/mol. The first-order valence-corrected chi connectivity index (χ1v) is 17.8. The van der Waals surface area contributed by atoms with Crippen molar-refractivity contribution in [1.29, 1.82) is 0 Å². The highest BCUT2D eigenvalue weighted by Gasteiger charge is 2.22. The van der Waals surface area contributed by atoms with E-state index < -0.39 is 0 Å². The second-order valence-corrected chi connectivity index (χ2v) is 13.7. The molecule has 12 heteroatoms. The molecule has 4 heterocycles. The summed E-state index contributed by atoms with van der Waals surface area (Å²) in [4.78, 5) is 40.8. The van der Waals surface area contributed by atoms with Crippen molar-refractivity contribution >= 4 is 40.7 Å². The molecule has 2 saturated heterocycles. The Hall–Kier alpha value is -4.74. The molecule has 7 rings (SSSR count). The van der Waals surface area contributed by atoms with Crippen molar-refractivity contribution in [3.63, 3.8) is 0 Å². The summed E-state index contributed by atoms with van der Waals surface area (Å²) >= 11 is 14.2. The fourth-order valence-corrected chi connectivity index (χ4v) is 7.48. The molecular formula is C39H38Cl2N6O4.